The number of nitrogens with zero attached hydrogens (tertiary/aromatic N) is 1. The smallest absolute Gasteiger partial charge is 0.339 e. The molecule has 0 fully saturated rings. The number of nitrogens with one attached hydrogen (secondary N) is 1. The molecule has 1 atom stereocenters. The highest BCUT2D eigenvalue weighted by atomic mass is 32.2. The third kappa shape index (κ3) is 5.77. The van der Waals surface area contributed by atoms with Crippen LogP contribution in [0.3, 0.4) is 0 Å². The van der Waals surface area contributed by atoms with E-state index in [4.69, 9.17) is 10.5 Å². The highest BCUT2D eigenvalue weighted by molar-refractivity contribution is 8.38. The number of esters is 1. The van der Waals surface area contributed by atoms with Crippen molar-refractivity contribution in [3.63, 3.8) is 0 Å². The number of benzene rings is 1. The number of amides is 3. The number of nitrogens with two attached hydrogens (primary N) is 1. The predicted molar refractivity (Wildman–Crippen MR) is 104 cm³/mol. The molecule has 0 bridgehead atoms. The largest absolute Gasteiger partial charge is 0.448 e. The quantitative estimate of drug-likeness (QED) is 0.716. The zero-order valence-corrected chi connectivity index (χ0v) is 16.2. The Morgan fingerprint density at radius 2 is 2.08 bits per heavy atom. The molecule has 7 nitrogen and oxygen atoms in total. The number of aliphatic imine (C=N–C) groups is 1. The van der Waals surface area contributed by atoms with Crippen molar-refractivity contribution in [1.82, 2.24) is 5.32 Å². The molecule has 1 aromatic rings. The van der Waals surface area contributed by atoms with Crippen molar-refractivity contribution >= 4 is 45.8 Å². The van der Waals surface area contributed by atoms with Crippen LogP contribution in [0.1, 0.15) is 29.8 Å². The average Bonchev–Trinajstić information content (AvgIpc) is 3.10. The van der Waals surface area contributed by atoms with Crippen molar-refractivity contribution in [3.05, 3.63) is 35.4 Å². The third-order valence-corrected chi connectivity index (χ3v) is 5.79. The number of hydrogen-bond acceptors (Lipinski definition) is 7. The van der Waals surface area contributed by atoms with Gasteiger partial charge in [-0.25, -0.2) is 9.59 Å². The maximum absolute atomic E-state index is 12.6. The summed E-state index contributed by atoms with van der Waals surface area (Å²) in [5.41, 5.74) is 6.16. The van der Waals surface area contributed by atoms with Gasteiger partial charge in [0.2, 0.25) is 0 Å². The van der Waals surface area contributed by atoms with E-state index in [-0.39, 0.29) is 5.92 Å². The number of carbonyl (C=O) groups is 3. The van der Waals surface area contributed by atoms with Gasteiger partial charge < -0.3 is 10.5 Å². The van der Waals surface area contributed by atoms with E-state index >= 15 is 0 Å². The van der Waals surface area contributed by atoms with Crippen LogP contribution in [0.2, 0.25) is 0 Å². The molecule has 1 aliphatic rings. The lowest BCUT2D eigenvalue weighted by atomic mass is 10.1. The molecule has 0 radical (unpaired) electrons. The number of primary amides is 1. The summed E-state index contributed by atoms with van der Waals surface area (Å²) in [6, 6.07) is 6.10. The summed E-state index contributed by atoms with van der Waals surface area (Å²) in [5.74, 6) is -0.0948. The molecule has 1 aliphatic heterocycles. The summed E-state index contributed by atoms with van der Waals surface area (Å²) in [4.78, 5) is 39.9. The number of hydrogen-bond donors (Lipinski definition) is 2. The summed E-state index contributed by atoms with van der Waals surface area (Å²) in [6.07, 6.45) is -1.11. The lowest BCUT2D eigenvalue weighted by Crippen LogP contribution is -2.45. The Morgan fingerprint density at radius 3 is 2.69 bits per heavy atom. The fourth-order valence-corrected chi connectivity index (χ4v) is 4.26. The van der Waals surface area contributed by atoms with Gasteiger partial charge in [-0.15, -0.1) is 0 Å². The minimum Gasteiger partial charge on any atom is -0.448 e. The van der Waals surface area contributed by atoms with E-state index in [9.17, 15) is 14.4 Å². The molecule has 0 spiro atoms. The third-order valence-electron chi connectivity index (χ3n) is 3.49. The monoisotopic (exact) mass is 395 g/mol. The number of thioether (sulfide) groups is 2. The Bertz CT molecular complexity index is 722. The summed E-state index contributed by atoms with van der Waals surface area (Å²) in [7, 11) is 0. The SMILES string of the molecule is CC(C)[C@H](OC(=O)c1ccccc1CSC1=NCCS1)C(=O)NC(N)=O. The molecule has 0 unspecified atom stereocenters. The van der Waals surface area contributed by atoms with Crippen molar-refractivity contribution in [1.29, 1.82) is 0 Å². The van der Waals surface area contributed by atoms with Crippen LogP contribution >= 0.6 is 23.5 Å². The molecule has 1 heterocycles. The fraction of sp³-hybridized carbons (Fsp3) is 0.412. The molecule has 2 rings (SSSR count). The van der Waals surface area contributed by atoms with Crippen LogP contribution in [0, 0.1) is 5.92 Å². The minimum absolute atomic E-state index is 0.316. The standard InChI is InChI=1S/C17H21N3O4S2/c1-10(2)13(14(21)20-16(18)23)24-15(22)12-6-4-3-5-11(12)9-26-17-19-7-8-25-17/h3-6,10,13H,7-9H2,1-2H3,(H3,18,20,21,23)/t13-/m0/s1. The highest BCUT2D eigenvalue weighted by Crippen LogP contribution is 2.27. The summed E-state index contributed by atoms with van der Waals surface area (Å²) >= 11 is 3.27. The molecular formula is C17H21N3O4S2. The van der Waals surface area contributed by atoms with Gasteiger partial charge >= 0.3 is 12.0 Å². The first kappa shape index (κ1) is 20.3. The maximum atomic E-state index is 12.6. The van der Waals surface area contributed by atoms with Crippen molar-refractivity contribution in [2.45, 2.75) is 25.7 Å². The van der Waals surface area contributed by atoms with E-state index in [1.807, 2.05) is 17.4 Å². The number of urea groups is 1. The zero-order valence-electron chi connectivity index (χ0n) is 14.6. The fourth-order valence-electron chi connectivity index (χ4n) is 2.25. The van der Waals surface area contributed by atoms with Crippen molar-refractivity contribution < 1.29 is 19.1 Å². The first-order valence-corrected chi connectivity index (χ1v) is 10.0. The Hall–Kier alpha value is -2.00. The summed E-state index contributed by atoms with van der Waals surface area (Å²) < 4.78 is 6.38. The van der Waals surface area contributed by atoms with E-state index in [1.54, 1.807) is 49.5 Å². The number of rotatable bonds is 6. The van der Waals surface area contributed by atoms with E-state index < -0.39 is 24.0 Å². The van der Waals surface area contributed by atoms with Gasteiger partial charge in [-0.3, -0.25) is 15.1 Å². The number of carbonyl (C=O) groups excluding carboxylic acids is 3. The van der Waals surface area contributed by atoms with Gasteiger partial charge in [-0.05, 0) is 17.5 Å². The number of imide groups is 1. The van der Waals surface area contributed by atoms with E-state index in [1.165, 1.54) is 0 Å². The molecule has 140 valence electrons. The second kappa shape index (κ2) is 9.63. The molecule has 9 heteroatoms. The molecular weight excluding hydrogens is 374 g/mol. The average molecular weight is 396 g/mol. The van der Waals surface area contributed by atoms with Crippen molar-refractivity contribution in [2.75, 3.05) is 12.3 Å². The van der Waals surface area contributed by atoms with Crippen LogP contribution in [0.25, 0.3) is 0 Å². The summed E-state index contributed by atoms with van der Waals surface area (Å²) in [5, 5.41) is 1.96. The Labute approximate surface area is 160 Å². The van der Waals surface area contributed by atoms with Gasteiger partial charge in [0.25, 0.3) is 5.91 Å². The van der Waals surface area contributed by atoms with Crippen molar-refractivity contribution in [3.8, 4) is 0 Å². The molecule has 0 saturated carbocycles. The molecule has 0 aliphatic carbocycles. The molecule has 3 amide bonds. The highest BCUT2D eigenvalue weighted by Gasteiger charge is 2.28. The molecule has 3 N–H and O–H groups in total. The van der Waals surface area contributed by atoms with Crippen LogP contribution < -0.4 is 11.1 Å². The van der Waals surface area contributed by atoms with E-state index in [0.29, 0.717) is 11.3 Å². The van der Waals surface area contributed by atoms with Gasteiger partial charge in [0.1, 0.15) is 4.38 Å². The van der Waals surface area contributed by atoms with Gasteiger partial charge in [0, 0.05) is 11.5 Å². The van der Waals surface area contributed by atoms with Gasteiger partial charge in [-0.2, -0.15) is 0 Å². The second-order valence-electron chi connectivity index (χ2n) is 5.87. The van der Waals surface area contributed by atoms with E-state index in [0.717, 1.165) is 22.2 Å². The van der Waals surface area contributed by atoms with Crippen LogP contribution in [-0.4, -0.2) is 40.7 Å². The minimum atomic E-state index is -1.11. The predicted octanol–water partition coefficient (Wildman–Crippen LogP) is 2.40. The summed E-state index contributed by atoms with van der Waals surface area (Å²) in [6.45, 7) is 4.26. The topological polar surface area (TPSA) is 111 Å². The first-order valence-electron chi connectivity index (χ1n) is 8.07. The van der Waals surface area contributed by atoms with Gasteiger partial charge in [0.05, 0.1) is 12.1 Å². The van der Waals surface area contributed by atoms with Crippen LogP contribution in [-0.2, 0) is 15.3 Å². The van der Waals surface area contributed by atoms with Crippen molar-refractivity contribution in [2.24, 2.45) is 16.6 Å². The van der Waals surface area contributed by atoms with Crippen LogP contribution in [0.5, 0.6) is 0 Å². The van der Waals surface area contributed by atoms with E-state index in [2.05, 4.69) is 4.99 Å². The second-order valence-corrected chi connectivity index (χ2v) is 8.17. The maximum Gasteiger partial charge on any atom is 0.339 e. The molecule has 1 aromatic carbocycles. The Morgan fingerprint density at radius 1 is 1.35 bits per heavy atom. The zero-order chi connectivity index (χ0) is 19.1. The van der Waals surface area contributed by atoms with Crippen LogP contribution in [0.4, 0.5) is 4.79 Å². The molecule has 0 saturated heterocycles. The van der Waals surface area contributed by atoms with Gasteiger partial charge in [-0.1, -0.05) is 55.6 Å². The Kier molecular flexibility index (Phi) is 7.52. The lowest BCUT2D eigenvalue weighted by molar-refractivity contribution is -0.130. The first-order chi connectivity index (χ1) is 12.4. The Balaban J connectivity index is 2.09. The lowest BCUT2D eigenvalue weighted by Gasteiger charge is -2.20. The molecule has 0 aromatic heterocycles. The number of ether oxygens (including phenoxy) is 1. The molecule has 26 heavy (non-hydrogen) atoms. The van der Waals surface area contributed by atoms with Crippen LogP contribution in [0.15, 0.2) is 29.3 Å². The normalized spacial score (nSPS) is 14.7. The van der Waals surface area contributed by atoms with Gasteiger partial charge in [0.15, 0.2) is 6.10 Å².